The number of hydrogen-bond donors (Lipinski definition) is 0. The Labute approximate surface area is 159 Å². The Kier molecular flexibility index (Phi) is 4.60. The second-order valence-electron chi connectivity index (χ2n) is 7.26. The Morgan fingerprint density at radius 2 is 2.00 bits per heavy atom. The predicted molar refractivity (Wildman–Crippen MR) is 105 cm³/mol. The Hall–Kier alpha value is -3.19. The first kappa shape index (κ1) is 17.2. The molecule has 1 aromatic carbocycles. The van der Waals surface area contributed by atoms with Gasteiger partial charge in [-0.25, -0.2) is 0 Å². The van der Waals surface area contributed by atoms with E-state index in [2.05, 4.69) is 42.2 Å². The normalized spacial score (nSPS) is 21.7. The fraction of sp³-hybridized carbons (Fsp3) is 0.261. The van der Waals surface area contributed by atoms with Gasteiger partial charge in [0.15, 0.2) is 0 Å². The second kappa shape index (κ2) is 7.20. The second-order valence-corrected chi connectivity index (χ2v) is 7.26. The molecule has 134 valence electrons. The summed E-state index contributed by atoms with van der Waals surface area (Å²) in [4.78, 5) is 4.57. The highest BCUT2D eigenvalue weighted by atomic mass is 16.5. The Bertz CT molecular complexity index is 1010. The first-order chi connectivity index (χ1) is 13.2. The number of rotatable bonds is 3. The molecular weight excluding hydrogens is 334 g/mol. The van der Waals surface area contributed by atoms with Gasteiger partial charge in [0.1, 0.15) is 5.76 Å². The van der Waals surface area contributed by atoms with Gasteiger partial charge in [0.25, 0.3) is 0 Å². The molecule has 3 aromatic rings. The molecule has 0 fully saturated rings. The van der Waals surface area contributed by atoms with E-state index >= 15 is 0 Å². The van der Waals surface area contributed by atoms with Crippen molar-refractivity contribution in [2.75, 3.05) is 0 Å². The number of fused-ring (bicyclic) bond motifs is 1. The van der Waals surface area contributed by atoms with Crippen LogP contribution >= 0.6 is 0 Å². The summed E-state index contributed by atoms with van der Waals surface area (Å²) in [6.07, 6.45) is 8.90. The van der Waals surface area contributed by atoms with Crippen LogP contribution in [-0.2, 0) is 6.42 Å². The van der Waals surface area contributed by atoms with Crippen molar-refractivity contribution in [1.82, 2.24) is 10.1 Å². The largest absolute Gasteiger partial charge is 0.361 e. The van der Waals surface area contributed by atoms with Crippen LogP contribution in [0.2, 0.25) is 0 Å². The third-order valence-corrected chi connectivity index (χ3v) is 5.63. The highest BCUT2D eigenvalue weighted by Crippen LogP contribution is 2.40. The summed E-state index contributed by atoms with van der Waals surface area (Å²) >= 11 is 0. The average molecular weight is 355 g/mol. The molecule has 27 heavy (non-hydrogen) atoms. The summed E-state index contributed by atoms with van der Waals surface area (Å²) in [6.45, 7) is 4.54. The zero-order valence-corrected chi connectivity index (χ0v) is 15.5. The molecule has 4 rings (SSSR count). The van der Waals surface area contributed by atoms with Crippen molar-refractivity contribution >= 4 is 6.08 Å². The van der Waals surface area contributed by atoms with Crippen molar-refractivity contribution in [2.24, 2.45) is 11.8 Å². The number of allylic oxidation sites excluding steroid dienone is 1. The SMILES string of the molecule is C[C@H]1[C@H](C=Cc2ccc(-c3ccccc3C#N)cn2)c2cnoc2C[C@@H]1C. The predicted octanol–water partition coefficient (Wildman–Crippen LogP) is 5.23. The lowest BCUT2D eigenvalue weighted by Gasteiger charge is -2.30. The zero-order chi connectivity index (χ0) is 18.8. The van der Waals surface area contributed by atoms with Crippen LogP contribution in [0.15, 0.2) is 59.4 Å². The van der Waals surface area contributed by atoms with E-state index in [1.54, 1.807) is 0 Å². The molecule has 2 aromatic heterocycles. The summed E-state index contributed by atoms with van der Waals surface area (Å²) in [6, 6.07) is 13.8. The van der Waals surface area contributed by atoms with Gasteiger partial charge in [-0.3, -0.25) is 4.98 Å². The molecule has 0 radical (unpaired) electrons. The monoisotopic (exact) mass is 355 g/mol. The van der Waals surface area contributed by atoms with E-state index in [0.717, 1.165) is 29.0 Å². The third kappa shape index (κ3) is 3.29. The van der Waals surface area contributed by atoms with Gasteiger partial charge in [-0.2, -0.15) is 5.26 Å². The molecular formula is C23H21N3O. The van der Waals surface area contributed by atoms with E-state index in [1.165, 1.54) is 5.56 Å². The van der Waals surface area contributed by atoms with Crippen molar-refractivity contribution in [3.63, 3.8) is 0 Å². The van der Waals surface area contributed by atoms with Gasteiger partial charge in [-0.05, 0) is 30.0 Å². The highest BCUT2D eigenvalue weighted by Gasteiger charge is 2.32. The molecule has 4 heteroatoms. The van der Waals surface area contributed by atoms with Crippen LogP contribution in [-0.4, -0.2) is 10.1 Å². The number of pyridine rings is 1. The maximum absolute atomic E-state index is 9.28. The van der Waals surface area contributed by atoms with E-state index in [4.69, 9.17) is 4.52 Å². The summed E-state index contributed by atoms with van der Waals surface area (Å²) in [5.74, 6) is 2.37. The van der Waals surface area contributed by atoms with E-state index < -0.39 is 0 Å². The first-order valence-electron chi connectivity index (χ1n) is 9.24. The topological polar surface area (TPSA) is 62.7 Å². The maximum Gasteiger partial charge on any atom is 0.140 e. The fourth-order valence-corrected chi connectivity index (χ4v) is 3.79. The van der Waals surface area contributed by atoms with Gasteiger partial charge >= 0.3 is 0 Å². The summed E-state index contributed by atoms with van der Waals surface area (Å²) in [7, 11) is 0. The fourth-order valence-electron chi connectivity index (χ4n) is 3.79. The van der Waals surface area contributed by atoms with Gasteiger partial charge in [-0.15, -0.1) is 0 Å². The van der Waals surface area contributed by atoms with Crippen LogP contribution in [0.3, 0.4) is 0 Å². The maximum atomic E-state index is 9.28. The molecule has 0 spiro atoms. The van der Waals surface area contributed by atoms with Gasteiger partial charge in [0.05, 0.1) is 23.5 Å². The van der Waals surface area contributed by atoms with Crippen LogP contribution in [0.1, 0.15) is 42.3 Å². The number of nitriles is 1. The number of aromatic nitrogens is 2. The van der Waals surface area contributed by atoms with Gasteiger partial charge in [0.2, 0.25) is 0 Å². The number of nitrogens with zero attached hydrogens (tertiary/aromatic N) is 3. The third-order valence-electron chi connectivity index (χ3n) is 5.63. The van der Waals surface area contributed by atoms with Crippen molar-refractivity contribution in [2.45, 2.75) is 26.2 Å². The molecule has 4 nitrogen and oxygen atoms in total. The summed E-state index contributed by atoms with van der Waals surface area (Å²) in [5, 5.41) is 13.3. The highest BCUT2D eigenvalue weighted by molar-refractivity contribution is 5.70. The van der Waals surface area contributed by atoms with Gasteiger partial charge < -0.3 is 4.52 Å². The lowest BCUT2D eigenvalue weighted by molar-refractivity contribution is 0.283. The molecule has 0 amide bonds. The van der Waals surface area contributed by atoms with Crippen molar-refractivity contribution in [3.8, 4) is 17.2 Å². The van der Waals surface area contributed by atoms with Crippen LogP contribution in [0, 0.1) is 23.2 Å². The Morgan fingerprint density at radius 1 is 1.15 bits per heavy atom. The van der Waals surface area contributed by atoms with E-state index in [9.17, 15) is 5.26 Å². The minimum absolute atomic E-state index is 0.288. The zero-order valence-electron chi connectivity index (χ0n) is 15.5. The van der Waals surface area contributed by atoms with Crippen LogP contribution < -0.4 is 0 Å². The molecule has 2 heterocycles. The molecule has 1 aliphatic carbocycles. The van der Waals surface area contributed by atoms with Crippen molar-refractivity contribution < 1.29 is 4.52 Å². The molecule has 0 saturated carbocycles. The van der Waals surface area contributed by atoms with Crippen LogP contribution in [0.4, 0.5) is 0 Å². The number of benzene rings is 1. The van der Waals surface area contributed by atoms with Crippen molar-refractivity contribution in [1.29, 1.82) is 5.26 Å². The van der Waals surface area contributed by atoms with Crippen LogP contribution in [0.25, 0.3) is 17.2 Å². The molecule has 0 saturated heterocycles. The summed E-state index contributed by atoms with van der Waals surface area (Å²) < 4.78 is 5.42. The molecule has 0 unspecified atom stereocenters. The van der Waals surface area contributed by atoms with Crippen LogP contribution in [0.5, 0.6) is 0 Å². The molecule has 0 bridgehead atoms. The van der Waals surface area contributed by atoms with E-state index in [0.29, 0.717) is 17.4 Å². The lowest BCUT2D eigenvalue weighted by atomic mass is 9.73. The molecule has 0 N–H and O–H groups in total. The molecule has 0 aliphatic heterocycles. The Balaban J connectivity index is 1.58. The van der Waals surface area contributed by atoms with Gasteiger partial charge in [0, 0.05) is 35.2 Å². The van der Waals surface area contributed by atoms with E-state index in [-0.39, 0.29) is 5.92 Å². The Morgan fingerprint density at radius 3 is 2.78 bits per heavy atom. The lowest BCUT2D eigenvalue weighted by Crippen LogP contribution is -2.23. The van der Waals surface area contributed by atoms with Crippen molar-refractivity contribution in [3.05, 3.63) is 77.4 Å². The quantitative estimate of drug-likeness (QED) is 0.645. The first-order valence-corrected chi connectivity index (χ1v) is 9.24. The van der Waals surface area contributed by atoms with Gasteiger partial charge in [-0.1, -0.05) is 49.3 Å². The molecule has 3 atom stereocenters. The minimum Gasteiger partial charge on any atom is -0.361 e. The number of hydrogen-bond acceptors (Lipinski definition) is 4. The standard InChI is InChI=1S/C23H21N3O/c1-15-11-23-22(14-26-27-23)20(16(15)2)10-9-19-8-7-18(13-25-19)21-6-4-3-5-17(21)12-24/h3-10,13-16,20H,11H2,1-2H3/t15-,16+,20-/m0/s1. The minimum atomic E-state index is 0.288. The average Bonchev–Trinajstić information content (AvgIpc) is 3.16. The molecule has 1 aliphatic rings. The summed E-state index contributed by atoms with van der Waals surface area (Å²) in [5.41, 5.74) is 4.61. The smallest absolute Gasteiger partial charge is 0.140 e. The van der Waals surface area contributed by atoms with E-state index in [1.807, 2.05) is 48.8 Å².